The second-order valence-corrected chi connectivity index (χ2v) is 6.55. The zero-order chi connectivity index (χ0) is 16.0. The molecule has 1 fully saturated rings. The largest absolute Gasteiger partial charge is 0.395 e. The van der Waals surface area contributed by atoms with Gasteiger partial charge in [-0.15, -0.1) is 0 Å². The molecule has 1 saturated heterocycles. The summed E-state index contributed by atoms with van der Waals surface area (Å²) in [6, 6.07) is 15.7. The molecule has 0 amide bonds. The predicted molar refractivity (Wildman–Crippen MR) is 89.1 cm³/mol. The van der Waals surface area contributed by atoms with Gasteiger partial charge in [0, 0.05) is 49.4 Å². The fourth-order valence-corrected chi connectivity index (χ4v) is 4.22. The zero-order valence-corrected chi connectivity index (χ0v) is 13.2. The third-order valence-electron chi connectivity index (χ3n) is 5.35. The molecule has 4 rings (SSSR count). The molecule has 1 N–H and O–H groups in total. The predicted octanol–water partition coefficient (Wildman–Crippen LogP) is 2.60. The van der Waals surface area contributed by atoms with Crippen LogP contribution in [-0.2, 0) is 6.54 Å². The van der Waals surface area contributed by atoms with Crippen LogP contribution in [0.1, 0.15) is 17.0 Å². The van der Waals surface area contributed by atoms with Gasteiger partial charge in [-0.25, -0.2) is 4.39 Å². The van der Waals surface area contributed by atoms with Crippen LogP contribution in [0.4, 0.5) is 10.1 Å². The van der Waals surface area contributed by atoms with Gasteiger partial charge in [0.1, 0.15) is 5.82 Å². The van der Waals surface area contributed by atoms with E-state index in [4.69, 9.17) is 0 Å². The lowest BCUT2D eigenvalue weighted by molar-refractivity contribution is -0.0495. The van der Waals surface area contributed by atoms with Crippen molar-refractivity contribution >= 4 is 5.69 Å². The summed E-state index contributed by atoms with van der Waals surface area (Å²) in [4.78, 5) is 4.51. The Kier molecular flexibility index (Phi) is 3.58. The quantitative estimate of drug-likeness (QED) is 0.944. The van der Waals surface area contributed by atoms with E-state index < -0.39 is 0 Å². The van der Waals surface area contributed by atoms with Crippen molar-refractivity contribution in [3.63, 3.8) is 0 Å². The van der Waals surface area contributed by atoms with Crippen molar-refractivity contribution in [2.24, 2.45) is 0 Å². The van der Waals surface area contributed by atoms with Gasteiger partial charge in [0.2, 0.25) is 0 Å². The van der Waals surface area contributed by atoms with Crippen LogP contribution in [-0.4, -0.2) is 42.3 Å². The van der Waals surface area contributed by atoms with Crippen LogP contribution in [0.5, 0.6) is 0 Å². The van der Waals surface area contributed by atoms with Gasteiger partial charge in [0.05, 0.1) is 6.61 Å². The van der Waals surface area contributed by atoms with E-state index in [1.807, 2.05) is 12.1 Å². The monoisotopic (exact) mass is 312 g/mol. The first-order chi connectivity index (χ1) is 11.2. The number of nitrogens with zero attached hydrogens (tertiary/aromatic N) is 2. The summed E-state index contributed by atoms with van der Waals surface area (Å²) in [5.41, 5.74) is 3.25. The van der Waals surface area contributed by atoms with Crippen LogP contribution in [0.3, 0.4) is 0 Å². The number of para-hydroxylation sites is 1. The van der Waals surface area contributed by atoms with Crippen LogP contribution in [0, 0.1) is 5.82 Å². The van der Waals surface area contributed by atoms with E-state index in [-0.39, 0.29) is 18.5 Å². The van der Waals surface area contributed by atoms with Gasteiger partial charge in [-0.2, -0.15) is 0 Å². The molecule has 0 bridgehead atoms. The highest BCUT2D eigenvalue weighted by molar-refractivity contribution is 5.59. The Bertz CT molecular complexity index is 720. The van der Waals surface area contributed by atoms with E-state index in [2.05, 4.69) is 41.1 Å². The number of likely N-dealkylation sites (N-methyl/N-ethyl adjacent to an activating group) is 1. The lowest BCUT2D eigenvalue weighted by Crippen LogP contribution is -2.68. The molecule has 3 atom stereocenters. The third-order valence-corrected chi connectivity index (χ3v) is 5.35. The van der Waals surface area contributed by atoms with Crippen LogP contribution < -0.4 is 4.90 Å². The Balaban J connectivity index is 1.64. The number of halogens is 1. The smallest absolute Gasteiger partial charge is 0.127 e. The molecule has 0 aromatic heterocycles. The van der Waals surface area contributed by atoms with Gasteiger partial charge >= 0.3 is 0 Å². The van der Waals surface area contributed by atoms with E-state index in [1.165, 1.54) is 17.3 Å². The summed E-state index contributed by atoms with van der Waals surface area (Å²) in [6.45, 7) is 1.56. The van der Waals surface area contributed by atoms with Gasteiger partial charge in [0.15, 0.2) is 0 Å². The molecule has 0 saturated carbocycles. The summed E-state index contributed by atoms with van der Waals surface area (Å²) in [6.07, 6.45) is 0. The molecule has 0 aliphatic carbocycles. The maximum atomic E-state index is 14.0. The highest BCUT2D eigenvalue weighted by Crippen LogP contribution is 2.48. The molecule has 0 radical (unpaired) electrons. The lowest BCUT2D eigenvalue weighted by Gasteiger charge is -2.59. The van der Waals surface area contributed by atoms with Crippen molar-refractivity contribution < 1.29 is 9.50 Å². The zero-order valence-electron chi connectivity index (χ0n) is 13.2. The molecule has 4 heteroatoms. The third kappa shape index (κ3) is 2.25. The van der Waals surface area contributed by atoms with Gasteiger partial charge in [0.25, 0.3) is 0 Å². The Morgan fingerprint density at radius 1 is 1.13 bits per heavy atom. The van der Waals surface area contributed by atoms with Crippen LogP contribution >= 0.6 is 0 Å². The van der Waals surface area contributed by atoms with Gasteiger partial charge in [-0.05, 0) is 17.7 Å². The fraction of sp³-hybridized carbons (Fsp3) is 0.368. The molecule has 0 unspecified atom stereocenters. The van der Waals surface area contributed by atoms with E-state index in [9.17, 15) is 9.50 Å². The number of hydrogen-bond donors (Lipinski definition) is 1. The first-order valence-corrected chi connectivity index (χ1v) is 8.10. The Morgan fingerprint density at radius 3 is 2.65 bits per heavy atom. The van der Waals surface area contributed by atoms with Gasteiger partial charge < -0.3 is 10.0 Å². The molecule has 2 aliphatic rings. The topological polar surface area (TPSA) is 26.7 Å². The number of aliphatic hydroxyl groups is 1. The first kappa shape index (κ1) is 14.7. The number of fused-ring (bicyclic) bond motifs is 3. The summed E-state index contributed by atoms with van der Waals surface area (Å²) >= 11 is 0. The highest BCUT2D eigenvalue weighted by Gasteiger charge is 2.51. The fourth-order valence-electron chi connectivity index (χ4n) is 4.22. The molecule has 23 heavy (non-hydrogen) atoms. The summed E-state index contributed by atoms with van der Waals surface area (Å²) < 4.78 is 14.0. The minimum Gasteiger partial charge on any atom is -0.395 e. The molecular formula is C19H21FN2O. The molecule has 2 aromatic rings. The van der Waals surface area contributed by atoms with Crippen molar-refractivity contribution in [1.29, 1.82) is 0 Å². The minimum atomic E-state index is -0.169. The molecule has 2 aromatic carbocycles. The van der Waals surface area contributed by atoms with E-state index in [1.54, 1.807) is 6.07 Å². The van der Waals surface area contributed by atoms with Crippen molar-refractivity contribution in [3.8, 4) is 0 Å². The summed E-state index contributed by atoms with van der Waals surface area (Å²) in [5, 5.41) is 9.89. The van der Waals surface area contributed by atoms with Crippen molar-refractivity contribution in [1.82, 2.24) is 4.90 Å². The lowest BCUT2D eigenvalue weighted by atomic mass is 9.72. The molecule has 120 valence electrons. The Hall–Kier alpha value is -1.91. The SMILES string of the molecule is CN1C[C@@H]2[C@H](c3ccccc31)[C@H](CO)N2Cc1ccccc1F. The van der Waals surface area contributed by atoms with Crippen LogP contribution in [0.25, 0.3) is 0 Å². The highest BCUT2D eigenvalue weighted by atomic mass is 19.1. The number of likely N-dealkylation sites (tertiary alicyclic amines) is 1. The van der Waals surface area contributed by atoms with Gasteiger partial charge in [-0.1, -0.05) is 36.4 Å². The summed E-state index contributed by atoms with van der Waals surface area (Å²) in [5.74, 6) is 0.163. The number of benzene rings is 2. The average Bonchev–Trinajstić information content (AvgIpc) is 2.56. The standard InChI is InChI=1S/C19H21FN2O/c1-21-11-17-19(14-7-3-5-9-16(14)21)18(12-23)22(17)10-13-6-2-4-8-15(13)20/h2-9,17-19,23H,10-12H2,1H3/t17-,18+,19+/m1/s1. The first-order valence-electron chi connectivity index (χ1n) is 8.10. The van der Waals surface area contributed by atoms with E-state index in [0.29, 0.717) is 24.1 Å². The minimum absolute atomic E-state index is 0.0643. The molecule has 3 nitrogen and oxygen atoms in total. The number of anilines is 1. The van der Waals surface area contributed by atoms with Gasteiger partial charge in [-0.3, -0.25) is 4.90 Å². The van der Waals surface area contributed by atoms with Crippen LogP contribution in [0.15, 0.2) is 48.5 Å². The molecular weight excluding hydrogens is 291 g/mol. The Morgan fingerprint density at radius 2 is 1.87 bits per heavy atom. The van der Waals surface area contributed by atoms with E-state index >= 15 is 0 Å². The van der Waals surface area contributed by atoms with E-state index in [0.717, 1.165) is 6.54 Å². The maximum Gasteiger partial charge on any atom is 0.127 e. The Labute approximate surface area is 136 Å². The van der Waals surface area contributed by atoms with Crippen molar-refractivity contribution in [3.05, 3.63) is 65.5 Å². The number of rotatable bonds is 3. The van der Waals surface area contributed by atoms with Crippen LogP contribution in [0.2, 0.25) is 0 Å². The summed E-state index contributed by atoms with van der Waals surface area (Å²) in [7, 11) is 2.10. The molecule has 2 aliphatic heterocycles. The van der Waals surface area contributed by atoms with Crippen molar-refractivity contribution in [2.75, 3.05) is 25.1 Å². The van der Waals surface area contributed by atoms with Crippen molar-refractivity contribution in [2.45, 2.75) is 24.5 Å². The maximum absolute atomic E-state index is 14.0. The average molecular weight is 312 g/mol. The second-order valence-electron chi connectivity index (χ2n) is 6.55. The number of hydrogen-bond acceptors (Lipinski definition) is 3. The molecule has 0 spiro atoms. The normalized spacial score (nSPS) is 26.4. The molecule has 2 heterocycles. The number of aliphatic hydroxyl groups excluding tert-OH is 1. The second kappa shape index (κ2) is 5.62.